The molecule has 0 aromatic carbocycles. The summed E-state index contributed by atoms with van der Waals surface area (Å²) >= 11 is 0. The van der Waals surface area contributed by atoms with Crippen LogP contribution in [0.15, 0.2) is 0 Å². The summed E-state index contributed by atoms with van der Waals surface area (Å²) in [6.07, 6.45) is -1.68. The first-order valence-electron chi connectivity index (χ1n) is 2.85. The maximum Gasteiger partial charge on any atom is 0.131 e. The molecule has 0 aliphatic carbocycles. The lowest BCUT2D eigenvalue weighted by molar-refractivity contribution is -0.0607. The Morgan fingerprint density at radius 2 is 1.67 bits per heavy atom. The molecule has 9 heavy (non-hydrogen) atoms. The summed E-state index contributed by atoms with van der Waals surface area (Å²) in [6.45, 7) is 3.17. The SMILES string of the molecule is CC(O)C(C)C(O)NO. The van der Waals surface area contributed by atoms with E-state index in [1.165, 1.54) is 0 Å². The van der Waals surface area contributed by atoms with E-state index < -0.39 is 12.3 Å². The van der Waals surface area contributed by atoms with Crippen LogP contribution in [0, 0.1) is 5.92 Å². The third-order valence-corrected chi connectivity index (χ3v) is 1.39. The van der Waals surface area contributed by atoms with Gasteiger partial charge in [-0.25, -0.2) is 0 Å². The Morgan fingerprint density at radius 1 is 1.22 bits per heavy atom. The van der Waals surface area contributed by atoms with Crippen LogP contribution in [0.1, 0.15) is 13.8 Å². The number of hydroxylamine groups is 1. The van der Waals surface area contributed by atoms with Gasteiger partial charge in [0.15, 0.2) is 0 Å². The van der Waals surface area contributed by atoms with Gasteiger partial charge in [0.05, 0.1) is 6.10 Å². The molecule has 3 unspecified atom stereocenters. The zero-order chi connectivity index (χ0) is 7.44. The second kappa shape index (κ2) is 3.79. The van der Waals surface area contributed by atoms with Crippen molar-refractivity contribution in [2.75, 3.05) is 0 Å². The average molecular weight is 135 g/mol. The fourth-order valence-electron chi connectivity index (χ4n) is 0.381. The zero-order valence-electron chi connectivity index (χ0n) is 5.57. The molecular formula is C5H13NO3. The minimum atomic E-state index is -1.05. The second-order valence-corrected chi connectivity index (χ2v) is 2.17. The van der Waals surface area contributed by atoms with E-state index in [1.54, 1.807) is 19.3 Å². The van der Waals surface area contributed by atoms with Crippen LogP contribution in [0.2, 0.25) is 0 Å². The molecule has 0 aromatic heterocycles. The molecule has 56 valence electrons. The van der Waals surface area contributed by atoms with Gasteiger partial charge in [0, 0.05) is 5.92 Å². The number of hydrogen-bond acceptors (Lipinski definition) is 4. The Bertz CT molecular complexity index is 76.6. The van der Waals surface area contributed by atoms with Crippen LogP contribution in [-0.2, 0) is 0 Å². The molecule has 4 nitrogen and oxygen atoms in total. The van der Waals surface area contributed by atoms with Crippen LogP contribution < -0.4 is 5.48 Å². The Balaban J connectivity index is 3.58. The van der Waals surface area contributed by atoms with E-state index >= 15 is 0 Å². The van der Waals surface area contributed by atoms with Crippen molar-refractivity contribution in [2.24, 2.45) is 5.92 Å². The normalized spacial score (nSPS) is 21.0. The number of rotatable bonds is 3. The Labute approximate surface area is 54.1 Å². The topological polar surface area (TPSA) is 72.7 Å². The quantitative estimate of drug-likeness (QED) is 0.305. The van der Waals surface area contributed by atoms with E-state index in [4.69, 9.17) is 15.4 Å². The van der Waals surface area contributed by atoms with Gasteiger partial charge < -0.3 is 15.4 Å². The summed E-state index contributed by atoms with van der Waals surface area (Å²) < 4.78 is 0. The lowest BCUT2D eigenvalue weighted by atomic mass is 10.1. The van der Waals surface area contributed by atoms with Gasteiger partial charge >= 0.3 is 0 Å². The molecule has 0 spiro atoms. The van der Waals surface area contributed by atoms with Crippen molar-refractivity contribution in [2.45, 2.75) is 26.2 Å². The summed E-state index contributed by atoms with van der Waals surface area (Å²) in [7, 11) is 0. The van der Waals surface area contributed by atoms with Gasteiger partial charge in [-0.2, -0.15) is 5.48 Å². The maximum absolute atomic E-state index is 8.81. The van der Waals surface area contributed by atoms with Gasteiger partial charge in [-0.05, 0) is 6.92 Å². The van der Waals surface area contributed by atoms with Crippen molar-refractivity contribution in [3.05, 3.63) is 0 Å². The highest BCUT2D eigenvalue weighted by Gasteiger charge is 2.17. The minimum absolute atomic E-state index is 0.366. The summed E-state index contributed by atoms with van der Waals surface area (Å²) in [5.41, 5.74) is 1.64. The van der Waals surface area contributed by atoms with Crippen molar-refractivity contribution in [1.82, 2.24) is 5.48 Å². The number of hydrogen-bond donors (Lipinski definition) is 4. The van der Waals surface area contributed by atoms with Crippen LogP contribution in [0.5, 0.6) is 0 Å². The first-order valence-corrected chi connectivity index (χ1v) is 2.85. The summed E-state index contributed by atoms with van der Waals surface area (Å²) in [5, 5.41) is 25.7. The molecule has 4 heteroatoms. The molecule has 3 atom stereocenters. The minimum Gasteiger partial charge on any atom is -0.393 e. The van der Waals surface area contributed by atoms with Gasteiger partial charge in [0.2, 0.25) is 0 Å². The fourth-order valence-corrected chi connectivity index (χ4v) is 0.381. The maximum atomic E-state index is 8.81. The fraction of sp³-hybridized carbons (Fsp3) is 1.00. The molecule has 0 heterocycles. The molecule has 0 aromatic rings. The molecule has 0 saturated carbocycles. The van der Waals surface area contributed by atoms with Gasteiger partial charge in [-0.3, -0.25) is 0 Å². The standard InChI is InChI=1S/C5H13NO3/c1-3(4(2)7)5(8)6-9/h3-9H,1-2H3. The highest BCUT2D eigenvalue weighted by atomic mass is 16.5. The molecule has 0 rings (SSSR count). The molecule has 0 saturated heterocycles. The van der Waals surface area contributed by atoms with Crippen molar-refractivity contribution >= 4 is 0 Å². The number of nitrogens with one attached hydrogen (secondary N) is 1. The smallest absolute Gasteiger partial charge is 0.131 e. The van der Waals surface area contributed by atoms with Crippen LogP contribution >= 0.6 is 0 Å². The van der Waals surface area contributed by atoms with Crippen molar-refractivity contribution in [1.29, 1.82) is 0 Å². The third kappa shape index (κ3) is 2.76. The van der Waals surface area contributed by atoms with Gasteiger partial charge in [0.25, 0.3) is 0 Å². The first-order chi connectivity index (χ1) is 4.09. The molecule has 0 amide bonds. The van der Waals surface area contributed by atoms with E-state index in [1.807, 2.05) is 0 Å². The largest absolute Gasteiger partial charge is 0.393 e. The molecule has 0 radical (unpaired) electrons. The van der Waals surface area contributed by atoms with Crippen LogP contribution in [-0.4, -0.2) is 27.8 Å². The number of aliphatic hydroxyl groups excluding tert-OH is 2. The van der Waals surface area contributed by atoms with E-state index in [-0.39, 0.29) is 5.92 Å². The molecule has 4 N–H and O–H groups in total. The predicted molar refractivity (Wildman–Crippen MR) is 31.8 cm³/mol. The van der Waals surface area contributed by atoms with Gasteiger partial charge in [0.1, 0.15) is 6.23 Å². The second-order valence-electron chi connectivity index (χ2n) is 2.17. The molecule has 0 aliphatic rings. The molecule has 0 aliphatic heterocycles. The van der Waals surface area contributed by atoms with Crippen LogP contribution in [0.3, 0.4) is 0 Å². The Morgan fingerprint density at radius 3 is 1.78 bits per heavy atom. The van der Waals surface area contributed by atoms with Crippen molar-refractivity contribution in [3.8, 4) is 0 Å². The predicted octanol–water partition coefficient (Wildman–Crippen LogP) is -0.700. The lowest BCUT2D eigenvalue weighted by Crippen LogP contribution is -2.37. The molecule has 0 fully saturated rings. The van der Waals surface area contributed by atoms with E-state index in [9.17, 15) is 0 Å². The Hall–Kier alpha value is -0.160. The Kier molecular flexibility index (Phi) is 3.72. The van der Waals surface area contributed by atoms with E-state index in [2.05, 4.69) is 0 Å². The average Bonchev–Trinajstić information content (AvgIpc) is 1.84. The molecule has 0 bridgehead atoms. The molecular weight excluding hydrogens is 122 g/mol. The monoisotopic (exact) mass is 135 g/mol. The highest BCUT2D eigenvalue weighted by molar-refractivity contribution is 4.63. The first kappa shape index (κ1) is 8.84. The van der Waals surface area contributed by atoms with Crippen molar-refractivity contribution < 1.29 is 15.4 Å². The lowest BCUT2D eigenvalue weighted by Gasteiger charge is -2.18. The third-order valence-electron chi connectivity index (χ3n) is 1.39. The van der Waals surface area contributed by atoms with Gasteiger partial charge in [-0.1, -0.05) is 6.92 Å². The summed E-state index contributed by atoms with van der Waals surface area (Å²) in [6, 6.07) is 0. The van der Waals surface area contributed by atoms with E-state index in [0.717, 1.165) is 0 Å². The highest BCUT2D eigenvalue weighted by Crippen LogP contribution is 2.04. The summed E-state index contributed by atoms with van der Waals surface area (Å²) in [5.74, 6) is -0.366. The van der Waals surface area contributed by atoms with E-state index in [0.29, 0.717) is 0 Å². The van der Waals surface area contributed by atoms with Crippen molar-refractivity contribution in [3.63, 3.8) is 0 Å². The zero-order valence-corrected chi connectivity index (χ0v) is 5.57. The number of aliphatic hydroxyl groups is 2. The van der Waals surface area contributed by atoms with Crippen LogP contribution in [0.4, 0.5) is 0 Å². The van der Waals surface area contributed by atoms with Crippen LogP contribution in [0.25, 0.3) is 0 Å². The van der Waals surface area contributed by atoms with Gasteiger partial charge in [-0.15, -0.1) is 0 Å². The summed E-state index contributed by atoms with van der Waals surface area (Å²) in [4.78, 5) is 0.